The minimum Gasteiger partial charge on any atom is -0.420 e. The van der Waals surface area contributed by atoms with Gasteiger partial charge in [-0.15, -0.1) is 10.2 Å². The van der Waals surface area contributed by atoms with E-state index in [-0.39, 0.29) is 5.41 Å². The van der Waals surface area contributed by atoms with Gasteiger partial charge in [0.25, 0.3) is 0 Å². The van der Waals surface area contributed by atoms with Gasteiger partial charge >= 0.3 is 0 Å². The predicted molar refractivity (Wildman–Crippen MR) is 76.2 cm³/mol. The number of piperidine rings is 1. The van der Waals surface area contributed by atoms with Gasteiger partial charge in [-0.2, -0.15) is 0 Å². The van der Waals surface area contributed by atoms with Crippen LogP contribution >= 0.6 is 0 Å². The average Bonchev–Trinajstić information content (AvgIpc) is 3.19. The van der Waals surface area contributed by atoms with Gasteiger partial charge in [-0.1, -0.05) is 18.2 Å². The molecule has 2 fully saturated rings. The first kappa shape index (κ1) is 12.1. The Hall–Kier alpha value is -1.68. The zero-order valence-electron chi connectivity index (χ0n) is 11.5. The lowest BCUT2D eigenvalue weighted by atomic mass is 9.82. The summed E-state index contributed by atoms with van der Waals surface area (Å²) in [5, 5.41) is 12.1. The van der Waals surface area contributed by atoms with Crippen LogP contribution < -0.4 is 5.32 Å². The minimum absolute atomic E-state index is 0.183. The van der Waals surface area contributed by atoms with E-state index in [2.05, 4.69) is 15.5 Å². The van der Waals surface area contributed by atoms with Crippen LogP contribution in [0.2, 0.25) is 0 Å². The van der Waals surface area contributed by atoms with Gasteiger partial charge in [0.15, 0.2) is 0 Å². The molecule has 0 bridgehead atoms. The minimum atomic E-state index is 0.183. The van der Waals surface area contributed by atoms with Crippen molar-refractivity contribution >= 4 is 0 Å². The van der Waals surface area contributed by atoms with Crippen LogP contribution in [-0.2, 0) is 5.41 Å². The Kier molecular flexibility index (Phi) is 2.84. The van der Waals surface area contributed by atoms with E-state index in [9.17, 15) is 0 Å². The average molecular weight is 269 g/mol. The van der Waals surface area contributed by atoms with Crippen LogP contribution in [0.4, 0.5) is 0 Å². The van der Waals surface area contributed by atoms with Gasteiger partial charge in [0.05, 0.1) is 5.41 Å². The SMILES string of the molecule is c1ccc(-c2nnc(C3(C4CCNCC4)CC3)o2)cc1. The standard InChI is InChI=1S/C16H19N3O/c1-2-4-12(5-3-1)14-18-19-15(20-14)16(8-9-16)13-6-10-17-11-7-13/h1-5,13,17H,6-11H2. The molecule has 20 heavy (non-hydrogen) atoms. The molecule has 2 aromatic rings. The molecule has 1 aromatic carbocycles. The first-order valence-electron chi connectivity index (χ1n) is 7.49. The molecule has 2 heterocycles. The Morgan fingerprint density at radius 2 is 1.80 bits per heavy atom. The second kappa shape index (κ2) is 4.70. The Balaban J connectivity index is 1.62. The second-order valence-electron chi connectivity index (χ2n) is 5.96. The fraction of sp³-hybridized carbons (Fsp3) is 0.500. The highest BCUT2D eigenvalue weighted by Gasteiger charge is 2.54. The highest BCUT2D eigenvalue weighted by molar-refractivity contribution is 5.52. The summed E-state index contributed by atoms with van der Waals surface area (Å²) >= 11 is 0. The zero-order chi connectivity index (χ0) is 13.4. The number of nitrogens with zero attached hydrogens (tertiary/aromatic N) is 2. The molecule has 0 radical (unpaired) electrons. The van der Waals surface area contributed by atoms with Gasteiger partial charge in [-0.25, -0.2) is 0 Å². The molecule has 1 saturated heterocycles. The van der Waals surface area contributed by atoms with Crippen LogP contribution in [0.5, 0.6) is 0 Å². The molecule has 4 rings (SSSR count). The van der Waals surface area contributed by atoms with Crippen LogP contribution in [-0.4, -0.2) is 23.3 Å². The Labute approximate surface area is 118 Å². The molecule has 4 nitrogen and oxygen atoms in total. The molecule has 0 amide bonds. The van der Waals surface area contributed by atoms with Gasteiger partial charge < -0.3 is 9.73 Å². The summed E-state index contributed by atoms with van der Waals surface area (Å²) < 4.78 is 6.01. The summed E-state index contributed by atoms with van der Waals surface area (Å²) in [4.78, 5) is 0. The highest BCUT2D eigenvalue weighted by atomic mass is 16.4. The summed E-state index contributed by atoms with van der Waals surface area (Å²) in [6.45, 7) is 2.23. The molecule has 2 aliphatic rings. The van der Waals surface area contributed by atoms with Crippen LogP contribution in [0.25, 0.3) is 11.5 Å². The van der Waals surface area contributed by atoms with E-state index >= 15 is 0 Å². The molecule has 0 unspecified atom stereocenters. The molecule has 0 atom stereocenters. The number of hydrogen-bond acceptors (Lipinski definition) is 4. The quantitative estimate of drug-likeness (QED) is 0.931. The summed E-state index contributed by atoms with van der Waals surface area (Å²) in [5.74, 6) is 2.22. The van der Waals surface area contributed by atoms with Crippen molar-refractivity contribution in [2.75, 3.05) is 13.1 Å². The lowest BCUT2D eigenvalue weighted by Crippen LogP contribution is -2.34. The normalized spacial score (nSPS) is 21.8. The Morgan fingerprint density at radius 3 is 2.50 bits per heavy atom. The van der Waals surface area contributed by atoms with E-state index in [0.29, 0.717) is 11.8 Å². The van der Waals surface area contributed by atoms with E-state index in [1.165, 1.54) is 25.7 Å². The van der Waals surface area contributed by atoms with Crippen LogP contribution in [0, 0.1) is 5.92 Å². The molecular weight excluding hydrogens is 250 g/mol. The van der Waals surface area contributed by atoms with Crippen molar-refractivity contribution in [3.05, 3.63) is 36.2 Å². The lowest BCUT2D eigenvalue weighted by Gasteiger charge is -2.28. The molecule has 1 saturated carbocycles. The third-order valence-corrected chi connectivity index (χ3v) is 4.78. The third-order valence-electron chi connectivity index (χ3n) is 4.78. The maximum atomic E-state index is 6.01. The summed E-state index contributed by atoms with van der Waals surface area (Å²) in [5.41, 5.74) is 1.19. The number of hydrogen-bond donors (Lipinski definition) is 1. The van der Waals surface area contributed by atoms with Gasteiger partial charge in [-0.3, -0.25) is 0 Å². The van der Waals surface area contributed by atoms with E-state index in [1.54, 1.807) is 0 Å². The fourth-order valence-electron chi connectivity index (χ4n) is 3.43. The van der Waals surface area contributed by atoms with Crippen molar-refractivity contribution in [1.29, 1.82) is 0 Å². The highest BCUT2D eigenvalue weighted by Crippen LogP contribution is 2.56. The van der Waals surface area contributed by atoms with Gasteiger partial charge in [0, 0.05) is 5.56 Å². The van der Waals surface area contributed by atoms with Crippen LogP contribution in [0.1, 0.15) is 31.6 Å². The van der Waals surface area contributed by atoms with Gasteiger partial charge in [-0.05, 0) is 56.8 Å². The number of rotatable bonds is 3. The fourth-order valence-corrected chi connectivity index (χ4v) is 3.43. The topological polar surface area (TPSA) is 51.0 Å². The lowest BCUT2D eigenvalue weighted by molar-refractivity contribution is 0.265. The number of nitrogens with one attached hydrogen (secondary N) is 1. The molecule has 1 aromatic heterocycles. The molecular formula is C16H19N3O. The van der Waals surface area contributed by atoms with Crippen molar-refractivity contribution in [1.82, 2.24) is 15.5 Å². The Morgan fingerprint density at radius 1 is 1.05 bits per heavy atom. The summed E-state index contributed by atoms with van der Waals surface area (Å²) in [6.07, 6.45) is 4.86. The smallest absolute Gasteiger partial charge is 0.247 e. The molecule has 104 valence electrons. The van der Waals surface area contributed by atoms with Crippen molar-refractivity contribution in [2.45, 2.75) is 31.1 Å². The second-order valence-corrected chi connectivity index (χ2v) is 5.96. The van der Waals surface area contributed by atoms with E-state index in [0.717, 1.165) is 24.5 Å². The number of aromatic nitrogens is 2. The molecule has 4 heteroatoms. The largest absolute Gasteiger partial charge is 0.420 e. The van der Waals surface area contributed by atoms with Crippen molar-refractivity contribution in [3.63, 3.8) is 0 Å². The molecule has 1 aliphatic heterocycles. The zero-order valence-corrected chi connectivity index (χ0v) is 11.5. The molecule has 1 N–H and O–H groups in total. The van der Waals surface area contributed by atoms with Crippen LogP contribution in [0.3, 0.4) is 0 Å². The van der Waals surface area contributed by atoms with E-state index < -0.39 is 0 Å². The van der Waals surface area contributed by atoms with E-state index in [1.807, 2.05) is 30.3 Å². The van der Waals surface area contributed by atoms with Gasteiger partial charge in [0.1, 0.15) is 0 Å². The number of benzene rings is 1. The third kappa shape index (κ3) is 1.95. The summed E-state index contributed by atoms with van der Waals surface area (Å²) in [7, 11) is 0. The predicted octanol–water partition coefficient (Wildman–Crippen LogP) is 2.77. The van der Waals surface area contributed by atoms with Crippen molar-refractivity contribution < 1.29 is 4.42 Å². The summed E-state index contributed by atoms with van der Waals surface area (Å²) in [6, 6.07) is 10.0. The van der Waals surface area contributed by atoms with Crippen molar-refractivity contribution in [3.8, 4) is 11.5 Å². The van der Waals surface area contributed by atoms with Gasteiger partial charge in [0.2, 0.25) is 11.8 Å². The van der Waals surface area contributed by atoms with Crippen LogP contribution in [0.15, 0.2) is 34.7 Å². The maximum absolute atomic E-state index is 6.01. The Bertz CT molecular complexity index is 583. The maximum Gasteiger partial charge on any atom is 0.247 e. The van der Waals surface area contributed by atoms with E-state index in [4.69, 9.17) is 4.42 Å². The molecule has 1 aliphatic carbocycles. The van der Waals surface area contributed by atoms with Crippen molar-refractivity contribution in [2.24, 2.45) is 5.92 Å². The molecule has 0 spiro atoms. The first-order chi connectivity index (χ1) is 9.88. The monoisotopic (exact) mass is 269 g/mol. The first-order valence-corrected chi connectivity index (χ1v) is 7.49.